The Hall–Kier alpha value is -1.91. The van der Waals surface area contributed by atoms with Crippen LogP contribution in [-0.2, 0) is 14.4 Å². The lowest BCUT2D eigenvalue weighted by molar-refractivity contribution is -0.140. The van der Waals surface area contributed by atoms with Crippen LogP contribution < -0.4 is 0 Å². The number of hydrogen-bond donors (Lipinski definition) is 2. The number of rotatable bonds is 7. The molecule has 0 aliphatic heterocycles. The van der Waals surface area contributed by atoms with Gasteiger partial charge < -0.3 is 10.2 Å². The second kappa shape index (κ2) is 7.38. The van der Waals surface area contributed by atoms with Gasteiger partial charge in [-0.2, -0.15) is 0 Å². The van der Waals surface area contributed by atoms with E-state index in [4.69, 9.17) is 10.2 Å². The number of carbonyl (C=O) groups excluding carboxylic acids is 1. The molecule has 0 aliphatic carbocycles. The van der Waals surface area contributed by atoms with Gasteiger partial charge >= 0.3 is 11.9 Å². The Kier molecular flexibility index (Phi) is 6.55. The Balaban J connectivity index is 5.03. The third kappa shape index (κ3) is 6.29. The first kappa shape index (κ1) is 15.1. The van der Waals surface area contributed by atoms with Crippen LogP contribution in [0.5, 0.6) is 0 Å². The molecule has 0 heterocycles. The van der Waals surface area contributed by atoms with Crippen LogP contribution in [0.25, 0.3) is 0 Å². The molecule has 0 saturated heterocycles. The molecular weight excluding hydrogens is 224 g/mol. The van der Waals surface area contributed by atoms with E-state index in [1.165, 1.54) is 0 Å². The van der Waals surface area contributed by atoms with Crippen molar-refractivity contribution in [3.05, 3.63) is 23.3 Å². The highest BCUT2D eigenvalue weighted by Gasteiger charge is 2.22. The van der Waals surface area contributed by atoms with E-state index in [0.29, 0.717) is 6.29 Å². The standard InChI is InChI=1S/C12H16O5/c1-8(2)3-4-10(12(16)17)9(5-6-13)7-11(14)15/h3,5-6,10H,4,7H2,1-2H3,(H,14,15)(H,16,17). The molecule has 1 atom stereocenters. The van der Waals surface area contributed by atoms with Crippen molar-refractivity contribution in [2.24, 2.45) is 5.92 Å². The van der Waals surface area contributed by atoms with Gasteiger partial charge in [-0.1, -0.05) is 11.6 Å². The number of hydrogen-bond acceptors (Lipinski definition) is 3. The van der Waals surface area contributed by atoms with Gasteiger partial charge in [0.15, 0.2) is 0 Å². The van der Waals surface area contributed by atoms with Crippen LogP contribution in [0.1, 0.15) is 26.7 Å². The molecule has 0 aromatic heterocycles. The number of aliphatic carboxylic acids is 2. The molecule has 0 aromatic rings. The van der Waals surface area contributed by atoms with Gasteiger partial charge in [0.1, 0.15) is 6.29 Å². The molecule has 2 N–H and O–H groups in total. The molecular formula is C12H16O5. The van der Waals surface area contributed by atoms with E-state index >= 15 is 0 Å². The van der Waals surface area contributed by atoms with E-state index in [9.17, 15) is 14.4 Å². The molecule has 0 fully saturated rings. The molecule has 1 unspecified atom stereocenters. The van der Waals surface area contributed by atoms with E-state index < -0.39 is 24.3 Å². The van der Waals surface area contributed by atoms with Crippen LogP contribution in [0.15, 0.2) is 23.3 Å². The Morgan fingerprint density at radius 3 is 2.18 bits per heavy atom. The highest BCUT2D eigenvalue weighted by molar-refractivity contribution is 5.81. The summed E-state index contributed by atoms with van der Waals surface area (Å²) >= 11 is 0. The molecule has 0 spiro atoms. The smallest absolute Gasteiger partial charge is 0.310 e. The summed E-state index contributed by atoms with van der Waals surface area (Å²) in [4.78, 5) is 32.0. The molecule has 94 valence electrons. The largest absolute Gasteiger partial charge is 0.481 e. The van der Waals surface area contributed by atoms with Crippen molar-refractivity contribution in [1.82, 2.24) is 0 Å². The van der Waals surface area contributed by atoms with Crippen molar-refractivity contribution in [3.63, 3.8) is 0 Å². The van der Waals surface area contributed by atoms with Gasteiger partial charge in [-0.15, -0.1) is 0 Å². The van der Waals surface area contributed by atoms with Gasteiger partial charge in [0.25, 0.3) is 0 Å². The Bertz CT molecular complexity index is 361. The second-order valence-corrected chi connectivity index (χ2v) is 3.86. The molecule has 0 aromatic carbocycles. The lowest BCUT2D eigenvalue weighted by Crippen LogP contribution is -2.18. The average molecular weight is 240 g/mol. The lowest BCUT2D eigenvalue weighted by atomic mass is 9.92. The van der Waals surface area contributed by atoms with Gasteiger partial charge in [-0.3, -0.25) is 14.4 Å². The van der Waals surface area contributed by atoms with Crippen molar-refractivity contribution >= 4 is 18.2 Å². The quantitative estimate of drug-likeness (QED) is 0.401. The van der Waals surface area contributed by atoms with Gasteiger partial charge in [-0.05, 0) is 31.9 Å². The average Bonchev–Trinajstić information content (AvgIpc) is 2.16. The van der Waals surface area contributed by atoms with Gasteiger partial charge in [-0.25, -0.2) is 0 Å². The molecule has 5 heteroatoms. The molecule has 5 nitrogen and oxygen atoms in total. The van der Waals surface area contributed by atoms with E-state index in [-0.39, 0.29) is 12.0 Å². The summed E-state index contributed by atoms with van der Waals surface area (Å²) in [5.41, 5.74) is 1.05. The fourth-order valence-corrected chi connectivity index (χ4v) is 1.32. The third-order valence-electron chi connectivity index (χ3n) is 2.14. The summed E-state index contributed by atoms with van der Waals surface area (Å²) in [6.45, 7) is 3.64. The maximum atomic E-state index is 11.0. The highest BCUT2D eigenvalue weighted by atomic mass is 16.4. The molecule has 0 radical (unpaired) electrons. The zero-order chi connectivity index (χ0) is 13.4. The molecule has 0 rings (SSSR count). The number of carbonyl (C=O) groups is 3. The van der Waals surface area contributed by atoms with E-state index in [2.05, 4.69) is 0 Å². The van der Waals surface area contributed by atoms with Crippen molar-refractivity contribution < 1.29 is 24.6 Å². The molecule has 0 amide bonds. The summed E-state index contributed by atoms with van der Waals surface area (Å²) in [7, 11) is 0. The summed E-state index contributed by atoms with van der Waals surface area (Å²) in [5.74, 6) is -3.25. The van der Waals surface area contributed by atoms with Crippen molar-refractivity contribution in [3.8, 4) is 0 Å². The number of carboxylic acids is 2. The van der Waals surface area contributed by atoms with Gasteiger partial charge in [0.05, 0.1) is 12.3 Å². The molecule has 0 saturated carbocycles. The van der Waals surface area contributed by atoms with Crippen LogP contribution in [0, 0.1) is 5.92 Å². The first-order valence-electron chi connectivity index (χ1n) is 5.10. The third-order valence-corrected chi connectivity index (χ3v) is 2.14. The maximum Gasteiger partial charge on any atom is 0.310 e. The zero-order valence-corrected chi connectivity index (χ0v) is 9.84. The predicted octanol–water partition coefficient (Wildman–Crippen LogP) is 1.64. The first-order chi connectivity index (χ1) is 7.88. The lowest BCUT2D eigenvalue weighted by Gasteiger charge is -2.12. The van der Waals surface area contributed by atoms with Crippen molar-refractivity contribution in [2.75, 3.05) is 0 Å². The van der Waals surface area contributed by atoms with Crippen molar-refractivity contribution in [2.45, 2.75) is 26.7 Å². The topological polar surface area (TPSA) is 91.7 Å². The van der Waals surface area contributed by atoms with Crippen molar-refractivity contribution in [1.29, 1.82) is 0 Å². The predicted molar refractivity (Wildman–Crippen MR) is 61.6 cm³/mol. The van der Waals surface area contributed by atoms with E-state index in [0.717, 1.165) is 11.6 Å². The summed E-state index contributed by atoms with van der Waals surface area (Å²) < 4.78 is 0. The minimum absolute atomic E-state index is 0.109. The molecule has 0 aliphatic rings. The summed E-state index contributed by atoms with van der Waals surface area (Å²) in [5, 5.41) is 17.7. The number of aldehydes is 1. The molecule has 0 bridgehead atoms. The number of carboxylic acid groups (broad SMARTS) is 2. The van der Waals surface area contributed by atoms with E-state index in [1.54, 1.807) is 6.08 Å². The molecule has 17 heavy (non-hydrogen) atoms. The second-order valence-electron chi connectivity index (χ2n) is 3.86. The maximum absolute atomic E-state index is 11.0. The van der Waals surface area contributed by atoms with E-state index in [1.807, 2.05) is 13.8 Å². The summed E-state index contributed by atoms with van der Waals surface area (Å²) in [6, 6.07) is 0. The fraction of sp³-hybridized carbons (Fsp3) is 0.417. The van der Waals surface area contributed by atoms with Crippen LogP contribution in [-0.4, -0.2) is 28.4 Å². The van der Waals surface area contributed by atoms with Crippen LogP contribution in [0.3, 0.4) is 0 Å². The minimum Gasteiger partial charge on any atom is -0.481 e. The van der Waals surface area contributed by atoms with Gasteiger partial charge in [0, 0.05) is 0 Å². The minimum atomic E-state index is -1.15. The fourth-order valence-electron chi connectivity index (χ4n) is 1.32. The SMILES string of the molecule is CC(C)=CCC(C(=O)O)C(=CC=O)CC(=O)O. The Labute approximate surface area is 99.4 Å². The number of allylic oxidation sites excluding steroid dienone is 3. The monoisotopic (exact) mass is 240 g/mol. The normalized spacial score (nSPS) is 12.7. The zero-order valence-electron chi connectivity index (χ0n) is 9.84. The van der Waals surface area contributed by atoms with Gasteiger partial charge in [0.2, 0.25) is 0 Å². The van der Waals surface area contributed by atoms with Crippen LogP contribution >= 0.6 is 0 Å². The Morgan fingerprint density at radius 1 is 1.24 bits per heavy atom. The van der Waals surface area contributed by atoms with Crippen LogP contribution in [0.2, 0.25) is 0 Å². The van der Waals surface area contributed by atoms with Crippen LogP contribution in [0.4, 0.5) is 0 Å². The summed E-state index contributed by atoms with van der Waals surface area (Å²) in [6.07, 6.45) is 2.89. The Morgan fingerprint density at radius 2 is 1.82 bits per heavy atom. The highest BCUT2D eigenvalue weighted by Crippen LogP contribution is 2.20. The first-order valence-corrected chi connectivity index (χ1v) is 5.10.